The van der Waals surface area contributed by atoms with E-state index >= 15 is 0 Å². The Hall–Kier alpha value is -1.24. The number of carbonyl (C=O) groups is 1. The Morgan fingerprint density at radius 2 is 1.95 bits per heavy atom. The van der Waals surface area contributed by atoms with Crippen LogP contribution in [0, 0.1) is 0 Å². The third kappa shape index (κ3) is 3.86. The first-order chi connectivity index (χ1) is 9.06. The largest absolute Gasteiger partial charge is 0.389 e. The van der Waals surface area contributed by atoms with Gasteiger partial charge < -0.3 is 11.1 Å². The molecule has 98 valence electrons. The molecule has 1 aromatic carbocycles. The maximum absolute atomic E-state index is 11.9. The quantitative estimate of drug-likeness (QED) is 0.829. The monoisotopic (exact) mass is 354 g/mol. The molecule has 3 nitrogen and oxygen atoms in total. The number of amides is 1. The summed E-state index contributed by atoms with van der Waals surface area (Å²) >= 11 is 9.84. The zero-order valence-corrected chi connectivity index (χ0v) is 13.1. The summed E-state index contributed by atoms with van der Waals surface area (Å²) in [6.07, 6.45) is 0. The molecule has 0 aliphatic rings. The van der Waals surface area contributed by atoms with Crippen LogP contribution in [0.25, 0.3) is 0 Å². The van der Waals surface area contributed by atoms with Crippen LogP contribution in [0.15, 0.2) is 40.2 Å². The highest BCUT2D eigenvalue weighted by Gasteiger charge is 2.06. The Bertz CT molecular complexity index is 607. The number of nitrogens with one attached hydrogen (secondary N) is 1. The van der Waals surface area contributed by atoms with E-state index in [9.17, 15) is 4.79 Å². The topological polar surface area (TPSA) is 55.1 Å². The SMILES string of the molecule is NC(=S)c1ccc(C(=O)NCc2cc(Br)cs2)cc1. The molecule has 2 aromatic rings. The summed E-state index contributed by atoms with van der Waals surface area (Å²) < 4.78 is 1.03. The molecule has 19 heavy (non-hydrogen) atoms. The molecule has 0 aliphatic carbocycles. The van der Waals surface area contributed by atoms with Crippen LogP contribution in [0.1, 0.15) is 20.8 Å². The van der Waals surface area contributed by atoms with Gasteiger partial charge in [0, 0.05) is 25.9 Å². The van der Waals surface area contributed by atoms with Gasteiger partial charge in [0.05, 0.1) is 6.54 Å². The van der Waals surface area contributed by atoms with Gasteiger partial charge in [-0.2, -0.15) is 0 Å². The van der Waals surface area contributed by atoms with Crippen molar-refractivity contribution in [1.29, 1.82) is 0 Å². The lowest BCUT2D eigenvalue weighted by Gasteiger charge is -2.04. The van der Waals surface area contributed by atoms with E-state index in [0.29, 0.717) is 17.1 Å². The Labute approximate surface area is 129 Å². The first-order valence-electron chi connectivity index (χ1n) is 5.47. The first-order valence-corrected chi connectivity index (χ1v) is 7.55. The highest BCUT2D eigenvalue weighted by Crippen LogP contribution is 2.19. The van der Waals surface area contributed by atoms with E-state index in [4.69, 9.17) is 18.0 Å². The number of nitrogens with two attached hydrogens (primary N) is 1. The molecule has 0 bridgehead atoms. The molecule has 1 aromatic heterocycles. The van der Waals surface area contributed by atoms with E-state index in [1.807, 2.05) is 11.4 Å². The van der Waals surface area contributed by atoms with Crippen molar-refractivity contribution in [3.05, 3.63) is 56.2 Å². The fraction of sp³-hybridized carbons (Fsp3) is 0.0769. The summed E-state index contributed by atoms with van der Waals surface area (Å²) in [6, 6.07) is 8.92. The Morgan fingerprint density at radius 1 is 1.32 bits per heavy atom. The first kappa shape index (κ1) is 14.2. The number of hydrogen-bond donors (Lipinski definition) is 2. The minimum Gasteiger partial charge on any atom is -0.389 e. The average molecular weight is 355 g/mol. The van der Waals surface area contributed by atoms with E-state index in [1.165, 1.54) is 0 Å². The standard InChI is InChI=1S/C13H11BrN2OS2/c14-10-5-11(19-7-10)6-16-13(17)9-3-1-8(2-4-9)12(15)18/h1-5,7H,6H2,(H2,15,18)(H,16,17). The molecule has 0 aliphatic heterocycles. The molecule has 0 radical (unpaired) electrons. The van der Waals surface area contributed by atoms with Gasteiger partial charge >= 0.3 is 0 Å². The van der Waals surface area contributed by atoms with Gasteiger partial charge in [0.1, 0.15) is 4.99 Å². The second-order valence-corrected chi connectivity index (χ2v) is 6.21. The minimum atomic E-state index is -0.112. The maximum Gasteiger partial charge on any atom is 0.251 e. The Kier molecular flexibility index (Phi) is 4.68. The highest BCUT2D eigenvalue weighted by molar-refractivity contribution is 9.10. The van der Waals surface area contributed by atoms with Crippen molar-refractivity contribution >= 4 is 50.4 Å². The van der Waals surface area contributed by atoms with Gasteiger partial charge in [0.25, 0.3) is 5.91 Å². The number of thiophene rings is 1. The molecule has 0 unspecified atom stereocenters. The van der Waals surface area contributed by atoms with Gasteiger partial charge in [-0.25, -0.2) is 0 Å². The van der Waals surface area contributed by atoms with Gasteiger partial charge in [-0.1, -0.05) is 24.4 Å². The molecular weight excluding hydrogens is 344 g/mol. The summed E-state index contributed by atoms with van der Waals surface area (Å²) in [5.74, 6) is -0.112. The molecule has 6 heteroatoms. The molecule has 0 saturated heterocycles. The predicted molar refractivity (Wildman–Crippen MR) is 85.5 cm³/mol. The number of hydrogen-bond acceptors (Lipinski definition) is 3. The van der Waals surface area contributed by atoms with E-state index in [1.54, 1.807) is 35.6 Å². The van der Waals surface area contributed by atoms with Crippen molar-refractivity contribution < 1.29 is 4.79 Å². The lowest BCUT2D eigenvalue weighted by molar-refractivity contribution is 0.0951. The van der Waals surface area contributed by atoms with Crippen molar-refractivity contribution in [2.75, 3.05) is 0 Å². The number of rotatable bonds is 4. The number of halogens is 1. The van der Waals surface area contributed by atoms with Crippen molar-refractivity contribution in [2.45, 2.75) is 6.54 Å². The highest BCUT2D eigenvalue weighted by atomic mass is 79.9. The van der Waals surface area contributed by atoms with Crippen LogP contribution in [0.2, 0.25) is 0 Å². The van der Waals surface area contributed by atoms with Crippen molar-refractivity contribution in [1.82, 2.24) is 5.32 Å². The fourth-order valence-corrected chi connectivity index (χ4v) is 3.03. The number of carbonyl (C=O) groups excluding carboxylic acids is 1. The molecule has 3 N–H and O–H groups in total. The average Bonchev–Trinajstić information content (AvgIpc) is 2.82. The van der Waals surface area contributed by atoms with Crippen LogP contribution in [0.3, 0.4) is 0 Å². The molecule has 2 rings (SSSR count). The van der Waals surface area contributed by atoms with E-state index in [0.717, 1.165) is 14.9 Å². The van der Waals surface area contributed by atoms with Crippen molar-refractivity contribution in [3.63, 3.8) is 0 Å². The third-order valence-corrected chi connectivity index (χ3v) is 4.41. The fourth-order valence-electron chi connectivity index (χ4n) is 1.50. The second-order valence-electron chi connectivity index (χ2n) is 3.86. The summed E-state index contributed by atoms with van der Waals surface area (Å²) in [5.41, 5.74) is 6.86. The molecule has 0 spiro atoms. The minimum absolute atomic E-state index is 0.112. The number of thiocarbonyl (C=S) groups is 1. The van der Waals surface area contributed by atoms with Crippen LogP contribution in [-0.2, 0) is 6.54 Å². The smallest absolute Gasteiger partial charge is 0.251 e. The summed E-state index contributed by atoms with van der Waals surface area (Å²) in [5, 5.41) is 4.85. The maximum atomic E-state index is 11.9. The van der Waals surface area contributed by atoms with Gasteiger partial charge in [0.2, 0.25) is 0 Å². The zero-order chi connectivity index (χ0) is 13.8. The molecule has 1 amide bonds. The van der Waals surface area contributed by atoms with E-state index in [-0.39, 0.29) is 5.91 Å². The van der Waals surface area contributed by atoms with E-state index in [2.05, 4.69) is 21.2 Å². The second kappa shape index (κ2) is 6.27. The predicted octanol–water partition coefficient (Wildman–Crippen LogP) is 3.07. The van der Waals surface area contributed by atoms with Crippen molar-refractivity contribution in [2.24, 2.45) is 5.73 Å². The molecule has 0 saturated carbocycles. The molecular formula is C13H11BrN2OS2. The van der Waals surface area contributed by atoms with Crippen LogP contribution in [0.5, 0.6) is 0 Å². The van der Waals surface area contributed by atoms with Crippen LogP contribution in [-0.4, -0.2) is 10.9 Å². The number of benzene rings is 1. The molecule has 0 fully saturated rings. The zero-order valence-electron chi connectivity index (χ0n) is 9.85. The summed E-state index contributed by atoms with van der Waals surface area (Å²) in [7, 11) is 0. The van der Waals surface area contributed by atoms with E-state index < -0.39 is 0 Å². The van der Waals surface area contributed by atoms with Gasteiger partial charge in [-0.05, 0) is 34.1 Å². The molecule has 1 heterocycles. The van der Waals surface area contributed by atoms with Crippen LogP contribution >= 0.6 is 39.5 Å². The van der Waals surface area contributed by atoms with Crippen LogP contribution in [0.4, 0.5) is 0 Å². The summed E-state index contributed by atoms with van der Waals surface area (Å²) in [4.78, 5) is 13.3. The normalized spacial score (nSPS) is 10.2. The van der Waals surface area contributed by atoms with Gasteiger partial charge in [0.15, 0.2) is 0 Å². The van der Waals surface area contributed by atoms with Crippen LogP contribution < -0.4 is 11.1 Å². The van der Waals surface area contributed by atoms with Crippen molar-refractivity contribution in [3.8, 4) is 0 Å². The Morgan fingerprint density at radius 3 is 2.47 bits per heavy atom. The third-order valence-electron chi connectivity index (χ3n) is 2.48. The Balaban J connectivity index is 1.98. The van der Waals surface area contributed by atoms with Gasteiger partial charge in [-0.3, -0.25) is 4.79 Å². The lowest BCUT2D eigenvalue weighted by atomic mass is 10.1. The molecule has 0 atom stereocenters. The lowest BCUT2D eigenvalue weighted by Crippen LogP contribution is -2.22. The summed E-state index contributed by atoms with van der Waals surface area (Å²) in [6.45, 7) is 0.520. The van der Waals surface area contributed by atoms with Gasteiger partial charge in [-0.15, -0.1) is 11.3 Å².